The zero-order valence-corrected chi connectivity index (χ0v) is 9.90. The van der Waals surface area contributed by atoms with Crippen molar-refractivity contribution in [2.45, 2.75) is 26.4 Å². The predicted molar refractivity (Wildman–Crippen MR) is 64.2 cm³/mol. The van der Waals surface area contributed by atoms with Gasteiger partial charge < -0.3 is 9.52 Å². The van der Waals surface area contributed by atoms with Crippen LogP contribution in [0.2, 0.25) is 0 Å². The van der Waals surface area contributed by atoms with Crippen molar-refractivity contribution in [3.8, 4) is 11.3 Å². The molecule has 0 bridgehead atoms. The number of aryl methyl sites for hydroxylation is 1. The van der Waals surface area contributed by atoms with Crippen LogP contribution in [0, 0.1) is 12.7 Å². The number of halogens is 1. The number of hydrogen-bond acceptors (Lipinski definition) is 2. The van der Waals surface area contributed by atoms with E-state index in [-0.39, 0.29) is 5.82 Å². The highest BCUT2D eigenvalue weighted by Gasteiger charge is 2.08. The standard InChI is InChI=1S/C14H15FO2/c1-9-5-11(8-12(15)6-9)14-4-3-13(17-14)7-10(2)16/h3-6,8,10,16H,7H2,1-2H3. The lowest BCUT2D eigenvalue weighted by molar-refractivity contribution is 0.187. The molecule has 2 nitrogen and oxygen atoms in total. The van der Waals surface area contributed by atoms with Crippen molar-refractivity contribution < 1.29 is 13.9 Å². The molecule has 0 amide bonds. The smallest absolute Gasteiger partial charge is 0.134 e. The minimum Gasteiger partial charge on any atom is -0.461 e. The van der Waals surface area contributed by atoms with Crippen molar-refractivity contribution in [3.05, 3.63) is 47.5 Å². The molecule has 1 aromatic carbocycles. The van der Waals surface area contributed by atoms with E-state index in [1.165, 1.54) is 12.1 Å². The van der Waals surface area contributed by atoms with Gasteiger partial charge in [-0.05, 0) is 49.7 Å². The van der Waals surface area contributed by atoms with Gasteiger partial charge in [0.1, 0.15) is 17.3 Å². The molecule has 0 aliphatic carbocycles. The molecule has 0 saturated heterocycles. The molecular formula is C14H15FO2. The molecule has 2 aromatic rings. The fourth-order valence-corrected chi connectivity index (χ4v) is 1.81. The van der Waals surface area contributed by atoms with Gasteiger partial charge in [0.05, 0.1) is 6.10 Å². The van der Waals surface area contributed by atoms with Crippen molar-refractivity contribution in [2.24, 2.45) is 0 Å². The van der Waals surface area contributed by atoms with Gasteiger partial charge in [0.25, 0.3) is 0 Å². The first kappa shape index (κ1) is 11.9. The molecule has 0 radical (unpaired) electrons. The van der Waals surface area contributed by atoms with E-state index in [0.29, 0.717) is 17.9 Å². The topological polar surface area (TPSA) is 33.4 Å². The second-order valence-corrected chi connectivity index (χ2v) is 4.34. The van der Waals surface area contributed by atoms with E-state index in [1.807, 2.05) is 19.1 Å². The highest BCUT2D eigenvalue weighted by molar-refractivity contribution is 5.58. The lowest BCUT2D eigenvalue weighted by Gasteiger charge is -2.01. The van der Waals surface area contributed by atoms with Gasteiger partial charge in [-0.1, -0.05) is 0 Å². The molecule has 1 atom stereocenters. The van der Waals surface area contributed by atoms with Crippen LogP contribution in [0.15, 0.2) is 34.7 Å². The first-order valence-electron chi connectivity index (χ1n) is 5.59. The largest absolute Gasteiger partial charge is 0.461 e. The van der Waals surface area contributed by atoms with Gasteiger partial charge in [0.2, 0.25) is 0 Å². The molecule has 0 fully saturated rings. The molecule has 1 aromatic heterocycles. The zero-order valence-electron chi connectivity index (χ0n) is 9.90. The SMILES string of the molecule is Cc1cc(F)cc(-c2ccc(CC(C)O)o2)c1. The Bertz CT molecular complexity index is 494. The quantitative estimate of drug-likeness (QED) is 0.883. The summed E-state index contributed by atoms with van der Waals surface area (Å²) in [5.41, 5.74) is 1.58. The van der Waals surface area contributed by atoms with Crippen molar-refractivity contribution >= 4 is 0 Å². The first-order chi connectivity index (χ1) is 8.04. The van der Waals surface area contributed by atoms with E-state index in [2.05, 4.69) is 0 Å². The minimum absolute atomic E-state index is 0.270. The Kier molecular flexibility index (Phi) is 3.29. The summed E-state index contributed by atoms with van der Waals surface area (Å²) in [6.07, 6.45) is 0.0251. The van der Waals surface area contributed by atoms with E-state index in [9.17, 15) is 9.50 Å². The fourth-order valence-electron chi connectivity index (χ4n) is 1.81. The van der Waals surface area contributed by atoms with Crippen LogP contribution in [-0.4, -0.2) is 11.2 Å². The van der Waals surface area contributed by atoms with Gasteiger partial charge in [-0.15, -0.1) is 0 Å². The third kappa shape index (κ3) is 2.94. The van der Waals surface area contributed by atoms with Gasteiger partial charge in [-0.3, -0.25) is 0 Å². The zero-order chi connectivity index (χ0) is 12.4. The van der Waals surface area contributed by atoms with Gasteiger partial charge in [0.15, 0.2) is 0 Å². The average Bonchev–Trinajstić information content (AvgIpc) is 2.63. The highest BCUT2D eigenvalue weighted by Crippen LogP contribution is 2.24. The number of furan rings is 1. The van der Waals surface area contributed by atoms with E-state index >= 15 is 0 Å². The summed E-state index contributed by atoms with van der Waals surface area (Å²) in [7, 11) is 0. The second-order valence-electron chi connectivity index (χ2n) is 4.34. The molecule has 1 N–H and O–H groups in total. The molecule has 0 spiro atoms. The summed E-state index contributed by atoms with van der Waals surface area (Å²) >= 11 is 0. The third-order valence-electron chi connectivity index (χ3n) is 2.48. The Balaban J connectivity index is 2.30. The third-order valence-corrected chi connectivity index (χ3v) is 2.48. The number of aliphatic hydroxyl groups excluding tert-OH is 1. The second kappa shape index (κ2) is 4.72. The van der Waals surface area contributed by atoms with Crippen LogP contribution in [0.4, 0.5) is 4.39 Å². The maximum Gasteiger partial charge on any atom is 0.134 e. The lowest BCUT2D eigenvalue weighted by atomic mass is 10.1. The summed E-state index contributed by atoms with van der Waals surface area (Å²) in [5.74, 6) is 1.06. The molecule has 1 unspecified atom stereocenters. The molecule has 0 saturated carbocycles. The van der Waals surface area contributed by atoms with Gasteiger partial charge >= 0.3 is 0 Å². The Morgan fingerprint density at radius 3 is 2.71 bits per heavy atom. The summed E-state index contributed by atoms with van der Waals surface area (Å²) in [5, 5.41) is 9.25. The van der Waals surface area contributed by atoms with Crippen LogP contribution >= 0.6 is 0 Å². The molecule has 90 valence electrons. The summed E-state index contributed by atoms with van der Waals surface area (Å²) in [6.45, 7) is 3.54. The maximum atomic E-state index is 13.2. The van der Waals surface area contributed by atoms with Crippen LogP contribution in [0.3, 0.4) is 0 Å². The monoisotopic (exact) mass is 234 g/mol. The Morgan fingerprint density at radius 2 is 2.06 bits per heavy atom. The average molecular weight is 234 g/mol. The van der Waals surface area contributed by atoms with Gasteiger partial charge in [-0.25, -0.2) is 4.39 Å². The minimum atomic E-state index is -0.441. The fraction of sp³-hybridized carbons (Fsp3) is 0.286. The van der Waals surface area contributed by atoms with Crippen molar-refractivity contribution in [3.63, 3.8) is 0 Å². The van der Waals surface area contributed by atoms with Crippen LogP contribution in [-0.2, 0) is 6.42 Å². The van der Waals surface area contributed by atoms with E-state index < -0.39 is 6.10 Å². The summed E-state index contributed by atoms with van der Waals surface area (Å²) in [4.78, 5) is 0. The molecule has 17 heavy (non-hydrogen) atoms. The maximum absolute atomic E-state index is 13.2. The summed E-state index contributed by atoms with van der Waals surface area (Å²) < 4.78 is 18.8. The van der Waals surface area contributed by atoms with Crippen LogP contribution in [0.5, 0.6) is 0 Å². The molecule has 0 aliphatic heterocycles. The number of rotatable bonds is 3. The van der Waals surface area contributed by atoms with Crippen molar-refractivity contribution in [1.29, 1.82) is 0 Å². The Morgan fingerprint density at radius 1 is 1.29 bits per heavy atom. The van der Waals surface area contributed by atoms with Crippen molar-refractivity contribution in [2.75, 3.05) is 0 Å². The number of benzene rings is 1. The lowest BCUT2D eigenvalue weighted by Crippen LogP contribution is -2.02. The molecule has 1 heterocycles. The number of hydrogen-bond donors (Lipinski definition) is 1. The van der Waals surface area contributed by atoms with Crippen LogP contribution in [0.1, 0.15) is 18.2 Å². The molecule has 2 rings (SSSR count). The normalized spacial score (nSPS) is 12.7. The van der Waals surface area contributed by atoms with Crippen LogP contribution < -0.4 is 0 Å². The van der Waals surface area contributed by atoms with Crippen molar-refractivity contribution in [1.82, 2.24) is 0 Å². The molecule has 3 heteroatoms. The Labute approximate surface area is 99.7 Å². The van der Waals surface area contributed by atoms with E-state index in [1.54, 1.807) is 13.0 Å². The Hall–Kier alpha value is -1.61. The number of aliphatic hydroxyl groups is 1. The molecular weight excluding hydrogens is 219 g/mol. The van der Waals surface area contributed by atoms with Gasteiger partial charge in [-0.2, -0.15) is 0 Å². The summed E-state index contributed by atoms with van der Waals surface area (Å²) in [6, 6.07) is 8.39. The van der Waals surface area contributed by atoms with E-state index in [0.717, 1.165) is 11.1 Å². The highest BCUT2D eigenvalue weighted by atomic mass is 19.1. The predicted octanol–water partition coefficient (Wildman–Crippen LogP) is 3.32. The first-order valence-corrected chi connectivity index (χ1v) is 5.59. The van der Waals surface area contributed by atoms with E-state index in [4.69, 9.17) is 4.42 Å². The molecule has 0 aliphatic rings. The van der Waals surface area contributed by atoms with Gasteiger partial charge in [0, 0.05) is 12.0 Å². The van der Waals surface area contributed by atoms with Crippen LogP contribution in [0.25, 0.3) is 11.3 Å².